The second kappa shape index (κ2) is 4.42. The molecule has 0 bridgehead atoms. The lowest BCUT2D eigenvalue weighted by molar-refractivity contribution is 0.658. The predicted octanol–water partition coefficient (Wildman–Crippen LogP) is 3.15. The minimum atomic E-state index is -0.263. The van der Waals surface area contributed by atoms with Crippen LogP contribution >= 0.6 is 0 Å². The first-order valence-corrected chi connectivity index (χ1v) is 6.13. The van der Waals surface area contributed by atoms with Gasteiger partial charge in [0, 0.05) is 29.2 Å². The number of allylic oxidation sites excluding steroid dienone is 4. The maximum absolute atomic E-state index is 14.0. The number of nitrogens with one attached hydrogen (secondary N) is 1. The van der Waals surface area contributed by atoms with Gasteiger partial charge in [-0.25, -0.2) is 13.9 Å². The Labute approximate surface area is 109 Å². The van der Waals surface area contributed by atoms with Gasteiger partial charge < -0.3 is 5.41 Å². The average molecular weight is 256 g/mol. The predicted molar refractivity (Wildman–Crippen MR) is 71.9 cm³/mol. The molecule has 0 atom stereocenters. The van der Waals surface area contributed by atoms with Crippen molar-refractivity contribution in [2.45, 2.75) is 19.8 Å². The Bertz CT molecular complexity index is 724. The molecule has 2 heterocycles. The van der Waals surface area contributed by atoms with Crippen molar-refractivity contribution in [2.24, 2.45) is 0 Å². The van der Waals surface area contributed by atoms with Gasteiger partial charge in [0.15, 0.2) is 5.65 Å². The average Bonchev–Trinajstić information content (AvgIpc) is 2.85. The van der Waals surface area contributed by atoms with Crippen molar-refractivity contribution in [1.82, 2.24) is 14.6 Å². The molecule has 1 aliphatic rings. The summed E-state index contributed by atoms with van der Waals surface area (Å²) in [6.07, 6.45) is 8.26. The van der Waals surface area contributed by atoms with Crippen LogP contribution in [0.1, 0.15) is 31.0 Å². The van der Waals surface area contributed by atoms with E-state index in [0.29, 0.717) is 34.6 Å². The highest BCUT2D eigenvalue weighted by Gasteiger charge is 2.18. The molecule has 96 valence electrons. The monoisotopic (exact) mass is 256 g/mol. The van der Waals surface area contributed by atoms with E-state index in [9.17, 15) is 4.39 Å². The van der Waals surface area contributed by atoms with Crippen molar-refractivity contribution in [2.75, 3.05) is 0 Å². The van der Waals surface area contributed by atoms with E-state index in [2.05, 4.69) is 10.1 Å². The fraction of sp³-hybridized carbons (Fsp3) is 0.214. The first-order chi connectivity index (χ1) is 9.16. The third kappa shape index (κ3) is 1.97. The summed E-state index contributed by atoms with van der Waals surface area (Å²) in [6, 6.07) is 1.77. The maximum Gasteiger partial charge on any atom is 0.154 e. The van der Waals surface area contributed by atoms with Gasteiger partial charge in [0.05, 0.1) is 0 Å². The first kappa shape index (κ1) is 11.8. The molecule has 3 rings (SSSR count). The van der Waals surface area contributed by atoms with E-state index in [-0.39, 0.29) is 5.83 Å². The summed E-state index contributed by atoms with van der Waals surface area (Å²) in [5, 5.41) is 12.2. The Morgan fingerprint density at radius 3 is 2.89 bits per heavy atom. The van der Waals surface area contributed by atoms with Gasteiger partial charge in [0.2, 0.25) is 0 Å². The van der Waals surface area contributed by atoms with Gasteiger partial charge in [-0.2, -0.15) is 5.10 Å². The van der Waals surface area contributed by atoms with Crippen LogP contribution < -0.4 is 0 Å². The van der Waals surface area contributed by atoms with Crippen LogP contribution in [-0.4, -0.2) is 20.3 Å². The zero-order valence-corrected chi connectivity index (χ0v) is 10.5. The zero-order chi connectivity index (χ0) is 13.4. The third-order valence-corrected chi connectivity index (χ3v) is 3.14. The summed E-state index contributed by atoms with van der Waals surface area (Å²) >= 11 is 0. The van der Waals surface area contributed by atoms with Crippen molar-refractivity contribution < 1.29 is 4.39 Å². The summed E-state index contributed by atoms with van der Waals surface area (Å²) in [5.41, 5.74) is 2.61. The fourth-order valence-electron chi connectivity index (χ4n) is 2.20. The van der Waals surface area contributed by atoms with Crippen LogP contribution in [0, 0.1) is 5.41 Å². The number of aromatic nitrogens is 3. The summed E-state index contributed by atoms with van der Waals surface area (Å²) in [4.78, 5) is 4.14. The standard InChI is InChI=1S/C14H13FN4/c1-9(16)11-8-13-17-6-7-19(13)18-14(11)10-4-2-3-5-12(10)15/h4-8,16H,2-3H2,1H3. The molecule has 0 aromatic carbocycles. The molecule has 4 nitrogen and oxygen atoms in total. The van der Waals surface area contributed by atoms with Crippen molar-refractivity contribution in [1.29, 1.82) is 5.41 Å². The number of rotatable bonds is 2. The van der Waals surface area contributed by atoms with Crippen LogP contribution in [0.3, 0.4) is 0 Å². The van der Waals surface area contributed by atoms with E-state index in [1.165, 1.54) is 0 Å². The number of fused-ring (bicyclic) bond motifs is 1. The molecular weight excluding hydrogens is 243 g/mol. The Balaban J connectivity index is 2.26. The van der Waals surface area contributed by atoms with Crippen LogP contribution in [0.15, 0.2) is 36.4 Å². The summed E-state index contributed by atoms with van der Waals surface area (Å²) in [6.45, 7) is 1.67. The Morgan fingerprint density at radius 1 is 1.37 bits per heavy atom. The molecular formula is C14H13FN4. The number of hydrogen-bond acceptors (Lipinski definition) is 3. The number of imidazole rings is 1. The van der Waals surface area contributed by atoms with Gasteiger partial charge in [0.25, 0.3) is 0 Å². The summed E-state index contributed by atoms with van der Waals surface area (Å²) in [5.74, 6) is -0.263. The number of hydrogen-bond donors (Lipinski definition) is 1. The molecule has 0 unspecified atom stereocenters. The molecule has 1 aliphatic carbocycles. The molecule has 0 spiro atoms. The summed E-state index contributed by atoms with van der Waals surface area (Å²) in [7, 11) is 0. The maximum atomic E-state index is 14.0. The minimum absolute atomic E-state index is 0.263. The van der Waals surface area contributed by atoms with Crippen LogP contribution in [-0.2, 0) is 0 Å². The smallest absolute Gasteiger partial charge is 0.154 e. The lowest BCUT2D eigenvalue weighted by Gasteiger charge is -2.13. The van der Waals surface area contributed by atoms with Crippen LogP contribution in [0.4, 0.5) is 4.39 Å². The number of nitrogens with zero attached hydrogens (tertiary/aromatic N) is 3. The van der Waals surface area contributed by atoms with Crippen molar-refractivity contribution in [3.8, 4) is 0 Å². The lowest BCUT2D eigenvalue weighted by Crippen LogP contribution is -2.08. The molecule has 0 fully saturated rings. The van der Waals surface area contributed by atoms with Gasteiger partial charge >= 0.3 is 0 Å². The normalized spacial score (nSPS) is 15.3. The van der Waals surface area contributed by atoms with Gasteiger partial charge in [-0.15, -0.1) is 0 Å². The van der Waals surface area contributed by atoms with E-state index in [4.69, 9.17) is 5.41 Å². The van der Waals surface area contributed by atoms with Crippen molar-refractivity contribution >= 4 is 16.9 Å². The van der Waals surface area contributed by atoms with E-state index in [0.717, 1.165) is 6.42 Å². The van der Waals surface area contributed by atoms with Crippen molar-refractivity contribution in [3.05, 3.63) is 47.7 Å². The van der Waals surface area contributed by atoms with Gasteiger partial charge in [-0.05, 0) is 31.9 Å². The molecule has 0 amide bonds. The highest BCUT2D eigenvalue weighted by Crippen LogP contribution is 2.30. The molecule has 0 saturated carbocycles. The first-order valence-electron chi connectivity index (χ1n) is 6.13. The molecule has 5 heteroatoms. The van der Waals surface area contributed by atoms with Crippen molar-refractivity contribution in [3.63, 3.8) is 0 Å². The summed E-state index contributed by atoms with van der Waals surface area (Å²) < 4.78 is 15.6. The van der Waals surface area contributed by atoms with Gasteiger partial charge in [-0.1, -0.05) is 6.08 Å². The lowest BCUT2D eigenvalue weighted by atomic mass is 9.98. The second-order valence-electron chi connectivity index (χ2n) is 4.51. The zero-order valence-electron chi connectivity index (χ0n) is 10.5. The fourth-order valence-corrected chi connectivity index (χ4v) is 2.20. The third-order valence-electron chi connectivity index (χ3n) is 3.14. The van der Waals surface area contributed by atoms with Crippen LogP contribution in [0.5, 0.6) is 0 Å². The molecule has 0 aliphatic heterocycles. The second-order valence-corrected chi connectivity index (χ2v) is 4.51. The topological polar surface area (TPSA) is 54.0 Å². The number of halogens is 1. The van der Waals surface area contributed by atoms with E-state index < -0.39 is 0 Å². The minimum Gasteiger partial charge on any atom is -0.305 e. The largest absolute Gasteiger partial charge is 0.305 e. The Kier molecular flexibility index (Phi) is 2.74. The highest BCUT2D eigenvalue weighted by atomic mass is 19.1. The molecule has 2 aromatic rings. The quantitative estimate of drug-likeness (QED) is 0.839. The Morgan fingerprint density at radius 2 is 2.16 bits per heavy atom. The molecule has 0 radical (unpaired) electrons. The van der Waals surface area contributed by atoms with Gasteiger partial charge in [0.1, 0.15) is 11.5 Å². The van der Waals surface area contributed by atoms with E-state index in [1.54, 1.807) is 36.0 Å². The van der Waals surface area contributed by atoms with E-state index >= 15 is 0 Å². The highest BCUT2D eigenvalue weighted by molar-refractivity contribution is 6.02. The Hall–Kier alpha value is -2.30. The molecule has 0 saturated heterocycles. The van der Waals surface area contributed by atoms with Gasteiger partial charge in [-0.3, -0.25) is 0 Å². The van der Waals surface area contributed by atoms with Crippen LogP contribution in [0.25, 0.3) is 11.2 Å². The molecule has 1 N–H and O–H groups in total. The molecule has 19 heavy (non-hydrogen) atoms. The SMILES string of the molecule is CC(=N)c1cc2nccn2nc1C1=CCCC=C1F. The van der Waals surface area contributed by atoms with Crippen LogP contribution in [0.2, 0.25) is 0 Å². The molecule has 2 aromatic heterocycles. The van der Waals surface area contributed by atoms with E-state index in [1.807, 2.05) is 6.08 Å².